The molecule has 0 spiro atoms. The van der Waals surface area contributed by atoms with Gasteiger partial charge in [-0.05, 0) is 39.0 Å². The summed E-state index contributed by atoms with van der Waals surface area (Å²) in [6, 6.07) is 9.09. The van der Waals surface area contributed by atoms with Crippen LogP contribution in [0.4, 0.5) is 0 Å². The molecule has 0 saturated carbocycles. The maximum absolute atomic E-state index is 12.9. The van der Waals surface area contributed by atoms with Crippen molar-refractivity contribution in [1.29, 1.82) is 0 Å². The first-order valence-electron chi connectivity index (χ1n) is 8.13. The molecule has 0 bridgehead atoms. The van der Waals surface area contributed by atoms with Crippen molar-refractivity contribution in [3.8, 4) is 5.69 Å². The number of rotatable bonds is 5. The Bertz CT molecular complexity index is 992. The van der Waals surface area contributed by atoms with E-state index in [1.807, 2.05) is 45.0 Å². The summed E-state index contributed by atoms with van der Waals surface area (Å²) in [5.74, 6) is -0.753. The van der Waals surface area contributed by atoms with E-state index in [0.29, 0.717) is 9.90 Å². The quantitative estimate of drug-likeness (QED) is 0.725. The summed E-state index contributed by atoms with van der Waals surface area (Å²) < 4.78 is 1.75. The maximum Gasteiger partial charge on any atom is 0.264 e. The molecule has 1 aromatic carbocycles. The monoisotopic (exact) mass is 390 g/mol. The average molecular weight is 391 g/mol. The molecule has 0 fully saturated rings. The fourth-order valence-electron chi connectivity index (χ4n) is 2.74. The van der Waals surface area contributed by atoms with Gasteiger partial charge in [0, 0.05) is 11.4 Å². The first kappa shape index (κ1) is 18.4. The van der Waals surface area contributed by atoms with Gasteiger partial charge in [-0.15, -0.1) is 11.3 Å². The molecule has 0 aliphatic rings. The number of amides is 2. The van der Waals surface area contributed by atoms with E-state index in [1.54, 1.807) is 10.7 Å². The number of nitrogens with two attached hydrogens (primary N) is 1. The van der Waals surface area contributed by atoms with Crippen LogP contribution in [0.15, 0.2) is 30.3 Å². The van der Waals surface area contributed by atoms with Gasteiger partial charge >= 0.3 is 0 Å². The van der Waals surface area contributed by atoms with Crippen molar-refractivity contribution in [1.82, 2.24) is 14.7 Å². The number of aryl methyl sites for hydroxylation is 1. The molecule has 0 aliphatic heterocycles. The van der Waals surface area contributed by atoms with E-state index in [2.05, 4.69) is 5.10 Å². The molecular formula is C18H19ClN4O2S. The highest BCUT2D eigenvalue weighted by molar-refractivity contribution is 7.20. The highest BCUT2D eigenvalue weighted by Gasteiger charge is 2.24. The Balaban J connectivity index is 2.07. The van der Waals surface area contributed by atoms with Crippen LogP contribution < -0.4 is 5.73 Å². The van der Waals surface area contributed by atoms with Crippen molar-refractivity contribution in [3.05, 3.63) is 45.9 Å². The van der Waals surface area contributed by atoms with E-state index in [1.165, 1.54) is 16.2 Å². The molecule has 2 heterocycles. The third-order valence-electron chi connectivity index (χ3n) is 4.05. The van der Waals surface area contributed by atoms with E-state index < -0.39 is 5.91 Å². The number of carbonyl (C=O) groups excluding carboxylic acids is 2. The summed E-state index contributed by atoms with van der Waals surface area (Å²) in [6.07, 6.45) is 0. The largest absolute Gasteiger partial charge is 0.368 e. The summed E-state index contributed by atoms with van der Waals surface area (Å²) in [5, 5.41) is 6.02. The number of hydrogen-bond donors (Lipinski definition) is 1. The minimum Gasteiger partial charge on any atom is -0.368 e. The number of hydrogen-bond acceptors (Lipinski definition) is 4. The van der Waals surface area contributed by atoms with Crippen LogP contribution in [0.1, 0.15) is 29.2 Å². The Morgan fingerprint density at radius 2 is 2.04 bits per heavy atom. The van der Waals surface area contributed by atoms with Gasteiger partial charge < -0.3 is 10.6 Å². The zero-order valence-electron chi connectivity index (χ0n) is 14.7. The van der Waals surface area contributed by atoms with Crippen LogP contribution in [-0.2, 0) is 4.79 Å². The van der Waals surface area contributed by atoms with E-state index in [0.717, 1.165) is 21.6 Å². The zero-order valence-corrected chi connectivity index (χ0v) is 16.3. The summed E-state index contributed by atoms with van der Waals surface area (Å²) in [4.78, 5) is 27.0. The molecule has 0 atom stereocenters. The van der Waals surface area contributed by atoms with Gasteiger partial charge in [-0.25, -0.2) is 4.68 Å². The lowest BCUT2D eigenvalue weighted by molar-refractivity contribution is -0.119. The second-order valence-corrected chi connectivity index (χ2v) is 7.71. The molecule has 0 unspecified atom stereocenters. The van der Waals surface area contributed by atoms with Crippen molar-refractivity contribution in [2.75, 3.05) is 6.54 Å². The predicted octanol–water partition coefficient (Wildman–Crippen LogP) is 3.38. The SMILES string of the molecule is Cc1nn(-c2ccccc2Cl)c2sc(C(=O)N(CC(N)=O)C(C)C)cc12. The van der Waals surface area contributed by atoms with Gasteiger partial charge in [0.25, 0.3) is 5.91 Å². The van der Waals surface area contributed by atoms with Crippen LogP contribution in [-0.4, -0.2) is 39.1 Å². The average Bonchev–Trinajstić information content (AvgIpc) is 3.13. The highest BCUT2D eigenvalue weighted by atomic mass is 35.5. The number of nitrogens with zero attached hydrogens (tertiary/aromatic N) is 3. The molecule has 26 heavy (non-hydrogen) atoms. The van der Waals surface area contributed by atoms with Crippen molar-refractivity contribution >= 4 is 45.0 Å². The summed E-state index contributed by atoms with van der Waals surface area (Å²) in [7, 11) is 0. The van der Waals surface area contributed by atoms with Crippen molar-refractivity contribution in [2.45, 2.75) is 26.8 Å². The molecule has 2 amide bonds. The molecular weight excluding hydrogens is 372 g/mol. The zero-order chi connectivity index (χ0) is 19.0. The lowest BCUT2D eigenvalue weighted by Crippen LogP contribution is -2.42. The maximum atomic E-state index is 12.9. The molecule has 6 nitrogen and oxygen atoms in total. The molecule has 0 saturated heterocycles. The number of aromatic nitrogens is 2. The predicted molar refractivity (Wildman–Crippen MR) is 104 cm³/mol. The summed E-state index contributed by atoms with van der Waals surface area (Å²) in [6.45, 7) is 5.48. The second-order valence-electron chi connectivity index (χ2n) is 6.27. The third kappa shape index (κ3) is 3.32. The second kappa shape index (κ2) is 7.09. The van der Waals surface area contributed by atoms with Gasteiger partial charge in [0.2, 0.25) is 5.91 Å². The van der Waals surface area contributed by atoms with Crippen molar-refractivity contribution < 1.29 is 9.59 Å². The fourth-order valence-corrected chi connectivity index (χ4v) is 4.09. The standard InChI is InChI=1S/C18H19ClN4O2S/c1-10(2)22(9-16(20)24)17(25)15-8-12-11(3)21-23(18(12)26-15)14-7-5-4-6-13(14)19/h4-8,10H,9H2,1-3H3,(H2,20,24). The first-order chi connectivity index (χ1) is 12.3. The van der Waals surface area contributed by atoms with Gasteiger partial charge in [0.1, 0.15) is 4.83 Å². The van der Waals surface area contributed by atoms with E-state index in [-0.39, 0.29) is 18.5 Å². The van der Waals surface area contributed by atoms with E-state index >= 15 is 0 Å². The van der Waals surface area contributed by atoms with Crippen molar-refractivity contribution in [3.63, 3.8) is 0 Å². The smallest absolute Gasteiger partial charge is 0.264 e. The molecule has 3 aromatic rings. The van der Waals surface area contributed by atoms with Gasteiger partial charge in [0.05, 0.1) is 27.8 Å². The van der Waals surface area contributed by atoms with Crippen LogP contribution in [0.25, 0.3) is 15.9 Å². The number of fused-ring (bicyclic) bond motifs is 1. The van der Waals surface area contributed by atoms with Crippen LogP contribution in [0, 0.1) is 6.92 Å². The molecule has 8 heteroatoms. The minimum absolute atomic E-state index is 0.111. The Labute approximate surface area is 160 Å². The minimum atomic E-state index is -0.536. The lowest BCUT2D eigenvalue weighted by atomic mass is 10.2. The Kier molecular flexibility index (Phi) is 5.02. The lowest BCUT2D eigenvalue weighted by Gasteiger charge is -2.24. The van der Waals surface area contributed by atoms with Crippen LogP contribution >= 0.6 is 22.9 Å². The highest BCUT2D eigenvalue weighted by Crippen LogP contribution is 2.33. The molecule has 0 aliphatic carbocycles. The van der Waals surface area contributed by atoms with Gasteiger partial charge in [-0.3, -0.25) is 9.59 Å². The number of carbonyl (C=O) groups is 2. The molecule has 2 aromatic heterocycles. The number of halogens is 1. The Hall–Kier alpha value is -2.38. The normalized spacial score (nSPS) is 11.3. The van der Waals surface area contributed by atoms with E-state index in [9.17, 15) is 9.59 Å². The Morgan fingerprint density at radius 3 is 2.65 bits per heavy atom. The number of thiophene rings is 1. The van der Waals surface area contributed by atoms with E-state index in [4.69, 9.17) is 17.3 Å². The molecule has 0 radical (unpaired) electrons. The van der Waals surface area contributed by atoms with Crippen LogP contribution in [0.5, 0.6) is 0 Å². The number of benzene rings is 1. The Morgan fingerprint density at radius 1 is 1.35 bits per heavy atom. The van der Waals surface area contributed by atoms with Gasteiger partial charge in [0.15, 0.2) is 0 Å². The number of para-hydroxylation sites is 1. The van der Waals surface area contributed by atoms with Crippen LogP contribution in [0.3, 0.4) is 0 Å². The third-order valence-corrected chi connectivity index (χ3v) is 5.46. The fraction of sp³-hybridized carbons (Fsp3) is 0.278. The molecule has 3 rings (SSSR count). The first-order valence-corrected chi connectivity index (χ1v) is 9.32. The van der Waals surface area contributed by atoms with Crippen LogP contribution in [0.2, 0.25) is 5.02 Å². The summed E-state index contributed by atoms with van der Waals surface area (Å²) >= 11 is 7.63. The van der Waals surface area contributed by atoms with Gasteiger partial charge in [-0.2, -0.15) is 5.10 Å². The topological polar surface area (TPSA) is 81.2 Å². The molecule has 2 N–H and O–H groups in total. The van der Waals surface area contributed by atoms with Gasteiger partial charge in [-0.1, -0.05) is 23.7 Å². The molecule has 136 valence electrons. The van der Waals surface area contributed by atoms with Crippen molar-refractivity contribution in [2.24, 2.45) is 5.73 Å². The summed E-state index contributed by atoms with van der Waals surface area (Å²) in [5.41, 5.74) is 6.85. The number of primary amides is 1.